The van der Waals surface area contributed by atoms with Gasteiger partial charge in [0.05, 0.1) is 24.3 Å². The molecule has 2 heterocycles. The number of hydrogen-bond donors (Lipinski definition) is 1. The second-order valence-electron chi connectivity index (χ2n) is 3.70. The molecule has 2 rings (SSSR count). The number of ether oxygens (including phenoxy) is 1. The molecule has 0 aromatic carbocycles. The van der Waals surface area contributed by atoms with E-state index in [-0.39, 0.29) is 0 Å². The molecule has 1 saturated heterocycles. The standard InChI is InChI=1S/C12H17N3O/c1-2-7-16-12-8-11(9-14-10-12)15-5-3-13-4-6-15/h2,7-10,13H,3-6H2,1H3/b7-2+. The van der Waals surface area contributed by atoms with Crippen LogP contribution in [0.1, 0.15) is 6.92 Å². The van der Waals surface area contributed by atoms with Gasteiger partial charge < -0.3 is 15.0 Å². The van der Waals surface area contributed by atoms with Crippen molar-refractivity contribution in [3.63, 3.8) is 0 Å². The third kappa shape index (κ3) is 2.73. The molecule has 0 aliphatic carbocycles. The van der Waals surface area contributed by atoms with E-state index in [0.29, 0.717) is 0 Å². The lowest BCUT2D eigenvalue weighted by Gasteiger charge is -2.29. The van der Waals surface area contributed by atoms with Crippen molar-refractivity contribution in [1.82, 2.24) is 10.3 Å². The van der Waals surface area contributed by atoms with Crippen LogP contribution in [0.4, 0.5) is 5.69 Å². The lowest BCUT2D eigenvalue weighted by Crippen LogP contribution is -2.43. The number of hydrogen-bond acceptors (Lipinski definition) is 4. The van der Waals surface area contributed by atoms with Crippen LogP contribution in [0.25, 0.3) is 0 Å². The fourth-order valence-electron chi connectivity index (χ4n) is 1.71. The van der Waals surface area contributed by atoms with Crippen LogP contribution >= 0.6 is 0 Å². The number of nitrogens with one attached hydrogen (secondary N) is 1. The third-order valence-corrected chi connectivity index (χ3v) is 2.52. The molecule has 0 amide bonds. The first-order valence-electron chi connectivity index (χ1n) is 5.58. The summed E-state index contributed by atoms with van der Waals surface area (Å²) in [6, 6.07) is 2.03. The van der Waals surface area contributed by atoms with Gasteiger partial charge in [0.2, 0.25) is 0 Å². The zero-order valence-corrected chi connectivity index (χ0v) is 9.52. The van der Waals surface area contributed by atoms with Crippen molar-refractivity contribution in [2.24, 2.45) is 0 Å². The average molecular weight is 219 g/mol. The molecule has 4 heteroatoms. The van der Waals surface area contributed by atoms with Crippen molar-refractivity contribution in [3.8, 4) is 5.75 Å². The van der Waals surface area contributed by atoms with Crippen LogP contribution in [0.15, 0.2) is 30.8 Å². The second-order valence-corrected chi connectivity index (χ2v) is 3.70. The van der Waals surface area contributed by atoms with Crippen LogP contribution in [-0.2, 0) is 0 Å². The van der Waals surface area contributed by atoms with Gasteiger partial charge in [-0.2, -0.15) is 0 Å². The Balaban J connectivity index is 2.08. The third-order valence-electron chi connectivity index (χ3n) is 2.52. The van der Waals surface area contributed by atoms with E-state index in [4.69, 9.17) is 4.74 Å². The topological polar surface area (TPSA) is 37.4 Å². The summed E-state index contributed by atoms with van der Waals surface area (Å²) in [5, 5.41) is 3.33. The van der Waals surface area contributed by atoms with Gasteiger partial charge in [0.1, 0.15) is 5.75 Å². The predicted octanol–water partition coefficient (Wildman–Crippen LogP) is 1.40. The van der Waals surface area contributed by atoms with Crippen LogP contribution < -0.4 is 15.0 Å². The normalized spacial score (nSPS) is 16.7. The molecular weight excluding hydrogens is 202 g/mol. The van der Waals surface area contributed by atoms with Gasteiger partial charge in [0.15, 0.2) is 0 Å². The molecule has 1 aliphatic heterocycles. The van der Waals surface area contributed by atoms with Gasteiger partial charge in [0.25, 0.3) is 0 Å². The Bertz CT molecular complexity index is 359. The van der Waals surface area contributed by atoms with Crippen molar-refractivity contribution < 1.29 is 4.74 Å². The Morgan fingerprint density at radius 1 is 1.38 bits per heavy atom. The predicted molar refractivity (Wildman–Crippen MR) is 64.8 cm³/mol. The smallest absolute Gasteiger partial charge is 0.146 e. The minimum absolute atomic E-state index is 0.786. The maximum Gasteiger partial charge on any atom is 0.146 e. The van der Waals surface area contributed by atoms with Crippen LogP contribution in [0.5, 0.6) is 5.75 Å². The first-order chi connectivity index (χ1) is 7.90. The molecule has 16 heavy (non-hydrogen) atoms. The summed E-state index contributed by atoms with van der Waals surface area (Å²) in [7, 11) is 0. The molecule has 1 aliphatic rings. The zero-order valence-electron chi connectivity index (χ0n) is 9.52. The van der Waals surface area contributed by atoms with Crippen LogP contribution in [0, 0.1) is 0 Å². The molecule has 0 radical (unpaired) electrons. The number of anilines is 1. The summed E-state index contributed by atoms with van der Waals surface area (Å²) in [5.41, 5.74) is 1.13. The van der Waals surface area contributed by atoms with Crippen LogP contribution in [0.3, 0.4) is 0 Å². The first kappa shape index (κ1) is 11.0. The first-order valence-corrected chi connectivity index (χ1v) is 5.58. The summed E-state index contributed by atoms with van der Waals surface area (Å²) < 4.78 is 5.40. The Morgan fingerprint density at radius 3 is 2.94 bits per heavy atom. The lowest BCUT2D eigenvalue weighted by atomic mass is 10.3. The molecule has 0 bridgehead atoms. The summed E-state index contributed by atoms with van der Waals surface area (Å²) >= 11 is 0. The molecule has 1 aromatic rings. The van der Waals surface area contributed by atoms with Crippen LogP contribution in [0.2, 0.25) is 0 Å². The van der Waals surface area contributed by atoms with E-state index >= 15 is 0 Å². The Hall–Kier alpha value is -1.55. The molecule has 1 fully saturated rings. The molecule has 0 spiro atoms. The molecular formula is C12H17N3O. The number of pyridine rings is 1. The number of rotatable bonds is 3. The van der Waals surface area contributed by atoms with Gasteiger partial charge in [-0.15, -0.1) is 0 Å². The Kier molecular flexibility index (Phi) is 3.77. The highest BCUT2D eigenvalue weighted by Gasteiger charge is 2.10. The van der Waals surface area contributed by atoms with E-state index < -0.39 is 0 Å². The molecule has 0 saturated carbocycles. The summed E-state index contributed by atoms with van der Waals surface area (Å²) in [5.74, 6) is 0.786. The van der Waals surface area contributed by atoms with Gasteiger partial charge in [0, 0.05) is 32.2 Å². The largest absolute Gasteiger partial charge is 0.464 e. The molecule has 86 valence electrons. The SMILES string of the molecule is C/C=C/Oc1cncc(N2CCNCC2)c1. The van der Waals surface area contributed by atoms with Crippen molar-refractivity contribution >= 4 is 5.69 Å². The number of allylic oxidation sites excluding steroid dienone is 1. The van der Waals surface area contributed by atoms with Gasteiger partial charge in [-0.25, -0.2) is 0 Å². The summed E-state index contributed by atoms with van der Waals surface area (Å²) in [6.07, 6.45) is 7.13. The maximum atomic E-state index is 5.40. The Labute approximate surface area is 95.9 Å². The minimum atomic E-state index is 0.786. The molecule has 1 N–H and O–H groups in total. The second kappa shape index (κ2) is 5.51. The highest BCUT2D eigenvalue weighted by molar-refractivity contribution is 5.48. The van der Waals surface area contributed by atoms with E-state index in [2.05, 4.69) is 15.2 Å². The average Bonchev–Trinajstić information content (AvgIpc) is 2.38. The fraction of sp³-hybridized carbons (Fsp3) is 0.417. The maximum absolute atomic E-state index is 5.40. The monoisotopic (exact) mass is 219 g/mol. The summed E-state index contributed by atoms with van der Waals surface area (Å²) in [6.45, 7) is 6.02. The van der Waals surface area contributed by atoms with E-state index in [1.54, 1.807) is 12.5 Å². The van der Waals surface area contributed by atoms with E-state index in [1.807, 2.05) is 25.3 Å². The molecule has 1 aromatic heterocycles. The number of piperazine rings is 1. The minimum Gasteiger partial charge on any atom is -0.464 e. The van der Waals surface area contributed by atoms with Crippen molar-refractivity contribution in [2.75, 3.05) is 31.1 Å². The van der Waals surface area contributed by atoms with Crippen molar-refractivity contribution in [3.05, 3.63) is 30.8 Å². The zero-order chi connectivity index (χ0) is 11.2. The van der Waals surface area contributed by atoms with Gasteiger partial charge >= 0.3 is 0 Å². The van der Waals surface area contributed by atoms with E-state index in [0.717, 1.165) is 37.6 Å². The van der Waals surface area contributed by atoms with Gasteiger partial charge in [-0.3, -0.25) is 4.98 Å². The molecule has 0 unspecified atom stereocenters. The Morgan fingerprint density at radius 2 is 2.19 bits per heavy atom. The van der Waals surface area contributed by atoms with Gasteiger partial charge in [-0.1, -0.05) is 6.08 Å². The molecule has 0 atom stereocenters. The highest BCUT2D eigenvalue weighted by Crippen LogP contribution is 2.19. The highest BCUT2D eigenvalue weighted by atomic mass is 16.5. The fourth-order valence-corrected chi connectivity index (χ4v) is 1.71. The quantitative estimate of drug-likeness (QED) is 0.780. The van der Waals surface area contributed by atoms with Crippen molar-refractivity contribution in [2.45, 2.75) is 6.92 Å². The van der Waals surface area contributed by atoms with Gasteiger partial charge in [-0.05, 0) is 6.92 Å². The van der Waals surface area contributed by atoms with E-state index in [1.165, 1.54) is 0 Å². The van der Waals surface area contributed by atoms with E-state index in [9.17, 15) is 0 Å². The summed E-state index contributed by atoms with van der Waals surface area (Å²) in [4.78, 5) is 6.50. The van der Waals surface area contributed by atoms with Crippen LogP contribution in [-0.4, -0.2) is 31.2 Å². The number of aromatic nitrogens is 1. The number of nitrogens with zero attached hydrogens (tertiary/aromatic N) is 2. The molecule has 4 nitrogen and oxygen atoms in total. The van der Waals surface area contributed by atoms with Crippen molar-refractivity contribution in [1.29, 1.82) is 0 Å². The lowest BCUT2D eigenvalue weighted by molar-refractivity contribution is 0.477.